The molecule has 0 fully saturated rings. The quantitative estimate of drug-likeness (QED) is 0.465. The molecule has 0 aromatic carbocycles. The number of aliphatic hydroxyl groups excluding tert-OH is 1. The van der Waals surface area contributed by atoms with Gasteiger partial charge in [0.2, 0.25) is 0 Å². The maximum Gasteiger partial charge on any atom is 0.161 e. The van der Waals surface area contributed by atoms with Crippen molar-refractivity contribution < 1.29 is 9.90 Å². The van der Waals surface area contributed by atoms with Crippen molar-refractivity contribution in [2.45, 2.75) is 26.7 Å². The van der Waals surface area contributed by atoms with Crippen LogP contribution < -0.4 is 0 Å². The second-order valence-electron chi connectivity index (χ2n) is 1.99. The molecule has 0 saturated carbocycles. The SMILES string of the molecule is CCCC(=O)C(C)=CO. The number of ketones is 1. The van der Waals surface area contributed by atoms with Crippen LogP contribution >= 0.6 is 0 Å². The lowest BCUT2D eigenvalue weighted by atomic mass is 10.1. The van der Waals surface area contributed by atoms with Gasteiger partial charge in [-0.3, -0.25) is 4.79 Å². The molecule has 0 aliphatic rings. The molecule has 0 aromatic rings. The zero-order chi connectivity index (χ0) is 7.28. The van der Waals surface area contributed by atoms with E-state index in [1.807, 2.05) is 6.92 Å². The smallest absolute Gasteiger partial charge is 0.161 e. The molecule has 0 spiro atoms. The van der Waals surface area contributed by atoms with Crippen molar-refractivity contribution in [3.05, 3.63) is 11.8 Å². The first-order valence-electron chi connectivity index (χ1n) is 3.06. The third-order valence-electron chi connectivity index (χ3n) is 1.11. The Morgan fingerprint density at radius 1 is 1.67 bits per heavy atom. The molecule has 0 unspecified atom stereocenters. The van der Waals surface area contributed by atoms with Gasteiger partial charge in [-0.1, -0.05) is 6.92 Å². The van der Waals surface area contributed by atoms with Crippen molar-refractivity contribution in [3.8, 4) is 0 Å². The third kappa shape index (κ3) is 2.90. The van der Waals surface area contributed by atoms with Gasteiger partial charge in [-0.15, -0.1) is 0 Å². The Hall–Kier alpha value is -0.790. The monoisotopic (exact) mass is 128 g/mol. The van der Waals surface area contributed by atoms with Crippen LogP contribution in [0.25, 0.3) is 0 Å². The Balaban J connectivity index is 3.74. The molecular formula is C7H12O2. The molecule has 2 heteroatoms. The van der Waals surface area contributed by atoms with Crippen molar-refractivity contribution in [2.24, 2.45) is 0 Å². The van der Waals surface area contributed by atoms with Gasteiger partial charge in [0.25, 0.3) is 0 Å². The Labute approximate surface area is 55.2 Å². The van der Waals surface area contributed by atoms with Crippen LogP contribution in [0.1, 0.15) is 26.7 Å². The number of hydrogen-bond donors (Lipinski definition) is 1. The molecule has 0 aliphatic heterocycles. The summed E-state index contributed by atoms with van der Waals surface area (Å²) in [7, 11) is 0. The largest absolute Gasteiger partial charge is 0.515 e. The summed E-state index contributed by atoms with van der Waals surface area (Å²) in [5.41, 5.74) is 0.442. The highest BCUT2D eigenvalue weighted by Crippen LogP contribution is 1.99. The van der Waals surface area contributed by atoms with Crippen molar-refractivity contribution in [3.63, 3.8) is 0 Å². The molecule has 0 aromatic heterocycles. The molecule has 0 aliphatic carbocycles. The molecule has 0 radical (unpaired) electrons. The fraction of sp³-hybridized carbons (Fsp3) is 0.571. The fourth-order valence-electron chi connectivity index (χ4n) is 0.496. The summed E-state index contributed by atoms with van der Waals surface area (Å²) < 4.78 is 0. The lowest BCUT2D eigenvalue weighted by molar-refractivity contribution is -0.115. The van der Waals surface area contributed by atoms with Crippen molar-refractivity contribution >= 4 is 5.78 Å². The number of rotatable bonds is 3. The van der Waals surface area contributed by atoms with E-state index >= 15 is 0 Å². The summed E-state index contributed by atoms with van der Waals surface area (Å²) in [6.45, 7) is 3.54. The average molecular weight is 128 g/mol. The molecule has 0 heterocycles. The highest BCUT2D eigenvalue weighted by molar-refractivity contribution is 5.94. The van der Waals surface area contributed by atoms with E-state index in [4.69, 9.17) is 5.11 Å². The molecule has 0 amide bonds. The summed E-state index contributed by atoms with van der Waals surface area (Å²) in [5.74, 6) is 0.0278. The van der Waals surface area contributed by atoms with Crippen molar-refractivity contribution in [2.75, 3.05) is 0 Å². The number of hydrogen-bond acceptors (Lipinski definition) is 2. The van der Waals surface area contributed by atoms with Gasteiger partial charge in [0, 0.05) is 12.0 Å². The molecule has 0 saturated heterocycles. The molecular weight excluding hydrogens is 116 g/mol. The van der Waals surface area contributed by atoms with E-state index in [0.717, 1.165) is 12.7 Å². The van der Waals surface area contributed by atoms with Gasteiger partial charge in [-0.25, -0.2) is 0 Å². The van der Waals surface area contributed by atoms with Crippen molar-refractivity contribution in [1.82, 2.24) is 0 Å². The third-order valence-corrected chi connectivity index (χ3v) is 1.11. The van der Waals surface area contributed by atoms with Crippen LogP contribution in [0.5, 0.6) is 0 Å². The first-order valence-corrected chi connectivity index (χ1v) is 3.06. The van der Waals surface area contributed by atoms with E-state index < -0.39 is 0 Å². The second kappa shape index (κ2) is 4.13. The van der Waals surface area contributed by atoms with E-state index in [2.05, 4.69) is 0 Å². The number of carbonyl (C=O) groups is 1. The van der Waals surface area contributed by atoms with Crippen LogP contribution in [0, 0.1) is 0 Å². The summed E-state index contributed by atoms with van der Waals surface area (Å²) >= 11 is 0. The predicted octanol–water partition coefficient (Wildman–Crippen LogP) is 1.82. The van der Waals surface area contributed by atoms with E-state index in [-0.39, 0.29) is 5.78 Å². The van der Waals surface area contributed by atoms with Crippen LogP contribution in [0.15, 0.2) is 11.8 Å². The predicted molar refractivity (Wildman–Crippen MR) is 36.3 cm³/mol. The number of allylic oxidation sites excluding steroid dienone is 1. The van der Waals surface area contributed by atoms with Crippen LogP contribution in [0.4, 0.5) is 0 Å². The highest BCUT2D eigenvalue weighted by Gasteiger charge is 2.00. The normalized spacial score (nSPS) is 11.6. The van der Waals surface area contributed by atoms with Gasteiger partial charge in [-0.2, -0.15) is 0 Å². The Kier molecular flexibility index (Phi) is 3.76. The number of carbonyl (C=O) groups excluding carboxylic acids is 1. The lowest BCUT2D eigenvalue weighted by Gasteiger charge is -1.93. The van der Waals surface area contributed by atoms with E-state index in [0.29, 0.717) is 12.0 Å². The van der Waals surface area contributed by atoms with Gasteiger partial charge >= 0.3 is 0 Å². The Morgan fingerprint density at radius 3 is 2.56 bits per heavy atom. The van der Waals surface area contributed by atoms with Gasteiger partial charge in [-0.05, 0) is 13.3 Å². The molecule has 2 nitrogen and oxygen atoms in total. The fourth-order valence-corrected chi connectivity index (χ4v) is 0.496. The second-order valence-corrected chi connectivity index (χ2v) is 1.99. The summed E-state index contributed by atoms with van der Waals surface area (Å²) in [6.07, 6.45) is 2.23. The zero-order valence-electron chi connectivity index (χ0n) is 5.85. The summed E-state index contributed by atoms with van der Waals surface area (Å²) in [5, 5.41) is 8.35. The minimum absolute atomic E-state index is 0.0278. The molecule has 0 bridgehead atoms. The van der Waals surface area contributed by atoms with Gasteiger partial charge in [0.15, 0.2) is 5.78 Å². The van der Waals surface area contributed by atoms with Gasteiger partial charge in [0.1, 0.15) is 0 Å². The number of aliphatic hydroxyl groups is 1. The topological polar surface area (TPSA) is 37.3 Å². The maximum atomic E-state index is 10.7. The molecule has 0 atom stereocenters. The number of Topliss-reactive ketones (excluding diaryl/α,β-unsaturated/α-hetero) is 1. The standard InChI is InChI=1S/C7H12O2/c1-3-4-7(9)6(2)5-8/h5,8H,3-4H2,1-2H3. The van der Waals surface area contributed by atoms with Gasteiger partial charge in [0.05, 0.1) is 6.26 Å². The highest BCUT2D eigenvalue weighted by atomic mass is 16.2. The lowest BCUT2D eigenvalue weighted by Crippen LogP contribution is -1.97. The van der Waals surface area contributed by atoms with Crippen LogP contribution in [0.2, 0.25) is 0 Å². The van der Waals surface area contributed by atoms with E-state index in [1.165, 1.54) is 0 Å². The Morgan fingerprint density at radius 2 is 2.22 bits per heavy atom. The van der Waals surface area contributed by atoms with E-state index in [1.54, 1.807) is 6.92 Å². The van der Waals surface area contributed by atoms with Crippen LogP contribution in [0.3, 0.4) is 0 Å². The zero-order valence-corrected chi connectivity index (χ0v) is 5.85. The maximum absolute atomic E-state index is 10.7. The minimum atomic E-state index is 0.0278. The minimum Gasteiger partial charge on any atom is -0.515 e. The summed E-state index contributed by atoms with van der Waals surface area (Å²) in [6, 6.07) is 0. The van der Waals surface area contributed by atoms with Crippen LogP contribution in [-0.4, -0.2) is 10.9 Å². The molecule has 0 rings (SSSR count). The van der Waals surface area contributed by atoms with E-state index in [9.17, 15) is 4.79 Å². The molecule has 9 heavy (non-hydrogen) atoms. The molecule has 52 valence electrons. The first kappa shape index (κ1) is 8.21. The van der Waals surface area contributed by atoms with Crippen LogP contribution in [-0.2, 0) is 4.79 Å². The Bertz CT molecular complexity index is 125. The molecule has 1 N–H and O–H groups in total. The average Bonchev–Trinajstić information content (AvgIpc) is 1.87. The first-order chi connectivity index (χ1) is 4.22. The van der Waals surface area contributed by atoms with Crippen molar-refractivity contribution in [1.29, 1.82) is 0 Å². The summed E-state index contributed by atoms with van der Waals surface area (Å²) in [4.78, 5) is 10.7. The van der Waals surface area contributed by atoms with Gasteiger partial charge < -0.3 is 5.11 Å².